The average Bonchev–Trinajstić information content (AvgIpc) is 2.55. The largest absolute Gasteiger partial charge is 0.479 e. The van der Waals surface area contributed by atoms with E-state index in [1.807, 2.05) is 0 Å². The summed E-state index contributed by atoms with van der Waals surface area (Å²) >= 11 is 0. The van der Waals surface area contributed by atoms with E-state index in [1.165, 1.54) is 13.8 Å². The smallest absolute Gasteiger partial charge is 0.340 e. The molecule has 0 aromatic heterocycles. The van der Waals surface area contributed by atoms with Crippen LogP contribution in [0.15, 0.2) is 48.5 Å². The summed E-state index contributed by atoms with van der Waals surface area (Å²) in [7, 11) is 0. The molecule has 2 rings (SSSR count). The van der Waals surface area contributed by atoms with E-state index in [0.717, 1.165) is 11.1 Å². The Morgan fingerprint density at radius 2 is 0.962 bits per heavy atom. The van der Waals surface area contributed by atoms with Crippen molar-refractivity contribution >= 4 is 11.9 Å². The van der Waals surface area contributed by atoms with Crippen LogP contribution in [0.2, 0.25) is 0 Å². The lowest BCUT2D eigenvalue weighted by atomic mass is 9.92. The number of carboxylic acids is 2. The van der Waals surface area contributed by atoms with E-state index in [-0.39, 0.29) is 0 Å². The highest BCUT2D eigenvalue weighted by molar-refractivity contribution is 5.79. The van der Waals surface area contributed by atoms with Crippen molar-refractivity contribution in [3.63, 3.8) is 0 Å². The maximum atomic E-state index is 10.7. The first kappa shape index (κ1) is 21.3. The van der Waals surface area contributed by atoms with Crippen LogP contribution in [0.5, 0.6) is 0 Å². The van der Waals surface area contributed by atoms with Crippen LogP contribution >= 0.6 is 0 Å². The van der Waals surface area contributed by atoms with Gasteiger partial charge in [0.1, 0.15) is 0 Å². The highest BCUT2D eigenvalue weighted by Gasteiger charge is 2.33. The molecule has 0 radical (unpaired) electrons. The van der Waals surface area contributed by atoms with E-state index >= 15 is 0 Å². The number of aliphatic hydroxyl groups is 2. The standard InChI is InChI=1S/2C10H12O3/c2*1-7-5-3-4-6-8(7)10(2,13)9(11)12/h2*3-6,13H,1-2H3,(H,11,12)/t2*10-/m10/s1. The maximum Gasteiger partial charge on any atom is 0.340 e. The van der Waals surface area contributed by atoms with Crippen LogP contribution in [-0.4, -0.2) is 32.4 Å². The molecule has 26 heavy (non-hydrogen) atoms. The fourth-order valence-electron chi connectivity index (χ4n) is 2.47. The van der Waals surface area contributed by atoms with Crippen LogP contribution in [0.1, 0.15) is 36.1 Å². The predicted molar refractivity (Wildman–Crippen MR) is 96.8 cm³/mol. The number of hydrogen-bond donors (Lipinski definition) is 4. The summed E-state index contributed by atoms with van der Waals surface area (Å²) in [4.78, 5) is 21.4. The van der Waals surface area contributed by atoms with Gasteiger partial charge in [-0.2, -0.15) is 0 Å². The number of carbonyl (C=O) groups is 2. The van der Waals surface area contributed by atoms with E-state index in [0.29, 0.717) is 11.1 Å². The molecule has 0 saturated heterocycles. The molecule has 0 spiro atoms. The first-order valence-electron chi connectivity index (χ1n) is 7.96. The number of carboxylic acid groups (broad SMARTS) is 2. The van der Waals surface area contributed by atoms with Crippen LogP contribution in [0.3, 0.4) is 0 Å². The number of benzene rings is 2. The molecule has 6 nitrogen and oxygen atoms in total. The van der Waals surface area contributed by atoms with Gasteiger partial charge in [0.05, 0.1) is 0 Å². The van der Waals surface area contributed by atoms with E-state index in [9.17, 15) is 19.8 Å². The molecule has 0 fully saturated rings. The zero-order valence-electron chi connectivity index (χ0n) is 15.2. The Bertz CT molecular complexity index is 725. The molecule has 0 amide bonds. The van der Waals surface area contributed by atoms with Gasteiger partial charge in [-0.25, -0.2) is 9.59 Å². The first-order chi connectivity index (χ1) is 11.9. The second-order valence-electron chi connectivity index (χ2n) is 6.38. The highest BCUT2D eigenvalue weighted by atomic mass is 16.4. The third-order valence-electron chi connectivity index (χ3n) is 4.17. The summed E-state index contributed by atoms with van der Waals surface area (Å²) in [5, 5.41) is 36.8. The minimum absolute atomic E-state index is 0.433. The molecular formula is C20H24O6. The molecule has 0 bridgehead atoms. The quantitative estimate of drug-likeness (QED) is 0.666. The van der Waals surface area contributed by atoms with Crippen LogP contribution in [-0.2, 0) is 20.8 Å². The molecule has 2 aromatic carbocycles. The predicted octanol–water partition coefficient (Wildman–Crippen LogP) is 2.57. The minimum atomic E-state index is -1.80. The van der Waals surface area contributed by atoms with E-state index < -0.39 is 23.1 Å². The Balaban J connectivity index is 0.000000260. The highest BCUT2D eigenvalue weighted by Crippen LogP contribution is 2.24. The Labute approximate surface area is 152 Å². The zero-order valence-corrected chi connectivity index (χ0v) is 15.2. The fourth-order valence-corrected chi connectivity index (χ4v) is 2.47. The average molecular weight is 360 g/mol. The second-order valence-corrected chi connectivity index (χ2v) is 6.38. The van der Waals surface area contributed by atoms with Crippen molar-refractivity contribution in [2.75, 3.05) is 0 Å². The normalized spacial score (nSPS) is 15.0. The third kappa shape index (κ3) is 4.68. The first-order valence-corrected chi connectivity index (χ1v) is 7.96. The molecule has 0 aliphatic heterocycles. The van der Waals surface area contributed by atoms with Gasteiger partial charge < -0.3 is 20.4 Å². The summed E-state index contributed by atoms with van der Waals surface area (Å²) in [5.41, 5.74) is -1.19. The van der Waals surface area contributed by atoms with Gasteiger partial charge in [-0.05, 0) is 49.9 Å². The SMILES string of the molecule is Cc1ccccc1[C@@](C)(O)C(=O)O.Cc1ccccc1[C@](C)(O)C(=O)O. The van der Waals surface area contributed by atoms with Crippen molar-refractivity contribution in [2.24, 2.45) is 0 Å². The zero-order chi connectivity index (χ0) is 20.1. The summed E-state index contributed by atoms with van der Waals surface area (Å²) in [6.45, 7) is 6.09. The molecule has 140 valence electrons. The molecule has 0 aliphatic rings. The Hall–Kier alpha value is -2.70. The van der Waals surface area contributed by atoms with Gasteiger partial charge in [0.2, 0.25) is 0 Å². The van der Waals surface area contributed by atoms with Gasteiger partial charge >= 0.3 is 11.9 Å². The number of rotatable bonds is 4. The maximum absolute atomic E-state index is 10.7. The van der Waals surface area contributed by atoms with Gasteiger partial charge in [0.25, 0.3) is 0 Å². The van der Waals surface area contributed by atoms with Crippen molar-refractivity contribution in [1.82, 2.24) is 0 Å². The lowest BCUT2D eigenvalue weighted by Gasteiger charge is -2.20. The number of aryl methyl sites for hydroxylation is 2. The van der Waals surface area contributed by atoms with Crippen molar-refractivity contribution in [2.45, 2.75) is 38.9 Å². The molecular weight excluding hydrogens is 336 g/mol. The summed E-state index contributed by atoms with van der Waals surface area (Å²) in [6, 6.07) is 13.8. The van der Waals surface area contributed by atoms with Crippen LogP contribution in [0, 0.1) is 13.8 Å². The van der Waals surface area contributed by atoms with Gasteiger partial charge in [0.15, 0.2) is 11.2 Å². The fraction of sp³-hybridized carbons (Fsp3) is 0.300. The van der Waals surface area contributed by atoms with Crippen LogP contribution < -0.4 is 0 Å². The molecule has 0 heterocycles. The second kappa shape index (κ2) is 8.12. The number of aliphatic carboxylic acids is 2. The van der Waals surface area contributed by atoms with Crippen LogP contribution in [0.4, 0.5) is 0 Å². The van der Waals surface area contributed by atoms with Crippen molar-refractivity contribution in [1.29, 1.82) is 0 Å². The Morgan fingerprint density at radius 1 is 0.692 bits per heavy atom. The Kier molecular flexibility index (Phi) is 6.66. The third-order valence-corrected chi connectivity index (χ3v) is 4.17. The van der Waals surface area contributed by atoms with E-state index in [4.69, 9.17) is 10.2 Å². The van der Waals surface area contributed by atoms with Crippen LogP contribution in [0.25, 0.3) is 0 Å². The Morgan fingerprint density at radius 3 is 1.19 bits per heavy atom. The van der Waals surface area contributed by atoms with Crippen molar-refractivity contribution < 1.29 is 30.0 Å². The molecule has 2 aromatic rings. The molecule has 0 unspecified atom stereocenters. The lowest BCUT2D eigenvalue weighted by molar-refractivity contribution is -0.158. The van der Waals surface area contributed by atoms with Gasteiger partial charge in [0, 0.05) is 0 Å². The molecule has 4 N–H and O–H groups in total. The molecule has 6 heteroatoms. The van der Waals surface area contributed by atoms with E-state index in [1.54, 1.807) is 62.4 Å². The minimum Gasteiger partial charge on any atom is -0.479 e. The molecule has 0 saturated carbocycles. The topological polar surface area (TPSA) is 115 Å². The monoisotopic (exact) mass is 360 g/mol. The summed E-state index contributed by atoms with van der Waals surface area (Å²) in [5.74, 6) is -2.47. The number of hydrogen-bond acceptors (Lipinski definition) is 4. The van der Waals surface area contributed by atoms with Gasteiger partial charge in [-0.15, -0.1) is 0 Å². The summed E-state index contributed by atoms with van der Waals surface area (Å²) < 4.78 is 0. The van der Waals surface area contributed by atoms with E-state index in [2.05, 4.69) is 0 Å². The van der Waals surface area contributed by atoms with Crippen molar-refractivity contribution in [3.8, 4) is 0 Å². The van der Waals surface area contributed by atoms with Crippen molar-refractivity contribution in [3.05, 3.63) is 70.8 Å². The van der Waals surface area contributed by atoms with Gasteiger partial charge in [-0.1, -0.05) is 48.5 Å². The lowest BCUT2D eigenvalue weighted by Crippen LogP contribution is -2.32. The molecule has 0 aliphatic carbocycles. The summed E-state index contributed by atoms with van der Waals surface area (Å²) in [6.07, 6.45) is 0. The van der Waals surface area contributed by atoms with Gasteiger partial charge in [-0.3, -0.25) is 0 Å². The molecule has 2 atom stereocenters.